The molecule has 3 heterocycles. The Labute approximate surface area is 110 Å². The highest BCUT2D eigenvalue weighted by atomic mass is 35.5. The average Bonchev–Trinajstić information content (AvgIpc) is 3.02. The third kappa shape index (κ3) is 2.31. The summed E-state index contributed by atoms with van der Waals surface area (Å²) in [6.45, 7) is 4.15. The van der Waals surface area contributed by atoms with Crippen molar-refractivity contribution in [2.75, 3.05) is 26.3 Å². The second kappa shape index (κ2) is 5.17. The zero-order valence-corrected chi connectivity index (χ0v) is 10.6. The van der Waals surface area contributed by atoms with Crippen LogP contribution in [-0.2, 0) is 16.0 Å². The van der Waals surface area contributed by atoms with E-state index in [0.717, 1.165) is 38.5 Å². The molecule has 2 aliphatic heterocycles. The van der Waals surface area contributed by atoms with Crippen LogP contribution in [-0.4, -0.2) is 41.4 Å². The van der Waals surface area contributed by atoms with Crippen molar-refractivity contribution in [3.63, 3.8) is 0 Å². The van der Waals surface area contributed by atoms with Gasteiger partial charge in [0.25, 0.3) is 0 Å². The number of hydrogen-bond donors (Lipinski definition) is 2. The summed E-state index contributed by atoms with van der Waals surface area (Å²) in [5, 5.41) is 10.9. The highest BCUT2D eigenvalue weighted by Crippen LogP contribution is 2.27. The van der Waals surface area contributed by atoms with Gasteiger partial charge in [-0.3, -0.25) is 10.00 Å². The monoisotopic (exact) mass is 270 g/mol. The molecule has 18 heavy (non-hydrogen) atoms. The molecule has 2 aliphatic rings. The molecule has 1 fully saturated rings. The molecule has 0 amide bonds. The second-order valence-corrected chi connectivity index (χ2v) is 4.65. The van der Waals surface area contributed by atoms with Crippen LogP contribution in [0, 0.1) is 0 Å². The highest BCUT2D eigenvalue weighted by Gasteiger charge is 2.23. The van der Waals surface area contributed by atoms with Gasteiger partial charge in [-0.2, -0.15) is 5.10 Å². The molecule has 0 radical (unpaired) electrons. The molecule has 1 aromatic heterocycles. The number of aromatic nitrogens is 2. The molecule has 3 rings (SSSR count). The third-order valence-corrected chi connectivity index (χ3v) is 3.49. The molecule has 6 nitrogen and oxygen atoms in total. The van der Waals surface area contributed by atoms with Gasteiger partial charge in [-0.05, 0) is 0 Å². The minimum atomic E-state index is -0.285. The van der Waals surface area contributed by atoms with Crippen molar-refractivity contribution in [3.8, 4) is 0 Å². The lowest BCUT2D eigenvalue weighted by Crippen LogP contribution is -2.35. The molecule has 0 bridgehead atoms. The maximum Gasteiger partial charge on any atom is 0.215 e. The number of ether oxygens (including phenoxy) is 2. The van der Waals surface area contributed by atoms with Crippen LogP contribution in [0.2, 0.25) is 5.02 Å². The predicted octanol–water partition coefficient (Wildman–Crippen LogP) is 0.985. The molecule has 0 aromatic carbocycles. The van der Waals surface area contributed by atoms with E-state index < -0.39 is 0 Å². The first-order chi connectivity index (χ1) is 8.84. The summed E-state index contributed by atoms with van der Waals surface area (Å²) in [7, 11) is 0. The molecule has 1 saturated heterocycles. The van der Waals surface area contributed by atoms with E-state index in [-0.39, 0.29) is 6.23 Å². The number of rotatable bonds is 3. The number of aromatic amines is 1. The van der Waals surface area contributed by atoms with Gasteiger partial charge in [0.15, 0.2) is 0 Å². The van der Waals surface area contributed by atoms with Crippen LogP contribution in [0.25, 0.3) is 0 Å². The summed E-state index contributed by atoms with van der Waals surface area (Å²) in [6, 6.07) is 0. The van der Waals surface area contributed by atoms with E-state index in [0.29, 0.717) is 10.7 Å². The van der Waals surface area contributed by atoms with Crippen LogP contribution in [0.1, 0.15) is 17.6 Å². The summed E-state index contributed by atoms with van der Waals surface area (Å²) in [6.07, 6.45) is 3.04. The number of nitrogens with zero attached hydrogens (tertiary/aromatic N) is 2. The van der Waals surface area contributed by atoms with Crippen molar-refractivity contribution in [1.82, 2.24) is 20.4 Å². The molecule has 2 N–H and O–H groups in total. The van der Waals surface area contributed by atoms with Gasteiger partial charge in [0.05, 0.1) is 23.9 Å². The largest absolute Gasteiger partial charge is 0.471 e. The average molecular weight is 271 g/mol. The fourth-order valence-corrected chi connectivity index (χ4v) is 2.31. The summed E-state index contributed by atoms with van der Waals surface area (Å²) in [4.78, 5) is 2.29. The maximum absolute atomic E-state index is 6.32. The molecular weight excluding hydrogens is 256 g/mol. The van der Waals surface area contributed by atoms with E-state index >= 15 is 0 Å². The van der Waals surface area contributed by atoms with Crippen LogP contribution in [0.15, 0.2) is 12.5 Å². The SMILES string of the molecule is Clc1c(C2NC=CO2)n[nH]c1CN1CCOCC1. The van der Waals surface area contributed by atoms with Gasteiger partial charge in [-0.25, -0.2) is 0 Å². The number of hydrogen-bond acceptors (Lipinski definition) is 5. The fraction of sp³-hybridized carbons (Fsp3) is 0.545. The zero-order chi connectivity index (χ0) is 12.4. The molecular formula is C11H15ClN4O2. The van der Waals surface area contributed by atoms with Crippen LogP contribution in [0.3, 0.4) is 0 Å². The standard InChI is InChI=1S/C11H15ClN4O2/c12-9-8(7-16-2-5-17-6-3-16)14-15-10(9)11-13-1-4-18-11/h1,4,11,13H,2-3,5-7H2,(H,14,15). The Bertz CT molecular complexity index is 434. The first-order valence-electron chi connectivity index (χ1n) is 5.94. The first kappa shape index (κ1) is 11.8. The van der Waals surface area contributed by atoms with Crippen molar-refractivity contribution < 1.29 is 9.47 Å². The van der Waals surface area contributed by atoms with Crippen molar-refractivity contribution in [1.29, 1.82) is 0 Å². The summed E-state index contributed by atoms with van der Waals surface area (Å²) in [5.74, 6) is 0. The number of halogens is 1. The van der Waals surface area contributed by atoms with Gasteiger partial charge >= 0.3 is 0 Å². The molecule has 1 unspecified atom stereocenters. The Balaban J connectivity index is 1.68. The van der Waals surface area contributed by atoms with E-state index in [4.69, 9.17) is 21.1 Å². The number of nitrogens with one attached hydrogen (secondary N) is 2. The second-order valence-electron chi connectivity index (χ2n) is 4.28. The number of morpholine rings is 1. The lowest BCUT2D eigenvalue weighted by molar-refractivity contribution is 0.0336. The summed E-state index contributed by atoms with van der Waals surface area (Å²) < 4.78 is 10.6. The van der Waals surface area contributed by atoms with Gasteiger partial charge in [0, 0.05) is 25.8 Å². The van der Waals surface area contributed by atoms with E-state index in [9.17, 15) is 0 Å². The molecule has 1 aromatic rings. The minimum Gasteiger partial charge on any atom is -0.471 e. The van der Waals surface area contributed by atoms with Crippen LogP contribution in [0.5, 0.6) is 0 Å². The molecule has 0 saturated carbocycles. The highest BCUT2D eigenvalue weighted by molar-refractivity contribution is 6.31. The van der Waals surface area contributed by atoms with Gasteiger partial charge in [0.1, 0.15) is 12.0 Å². The zero-order valence-electron chi connectivity index (χ0n) is 9.86. The lowest BCUT2D eigenvalue weighted by atomic mass is 10.3. The normalized spacial score (nSPS) is 23.9. The fourth-order valence-electron chi connectivity index (χ4n) is 2.07. The van der Waals surface area contributed by atoms with Gasteiger partial charge in [0.2, 0.25) is 6.23 Å². The summed E-state index contributed by atoms with van der Waals surface area (Å²) in [5.41, 5.74) is 1.62. The quantitative estimate of drug-likeness (QED) is 0.858. The lowest BCUT2D eigenvalue weighted by Gasteiger charge is -2.25. The molecule has 98 valence electrons. The Morgan fingerprint density at radius 1 is 1.44 bits per heavy atom. The van der Waals surface area contributed by atoms with Crippen LogP contribution < -0.4 is 5.32 Å². The minimum absolute atomic E-state index is 0.285. The van der Waals surface area contributed by atoms with E-state index in [1.807, 2.05) is 0 Å². The Kier molecular flexibility index (Phi) is 3.40. The smallest absolute Gasteiger partial charge is 0.215 e. The Hall–Kier alpha value is -1.24. The van der Waals surface area contributed by atoms with Crippen molar-refractivity contribution in [2.24, 2.45) is 0 Å². The predicted molar refractivity (Wildman–Crippen MR) is 65.8 cm³/mol. The van der Waals surface area contributed by atoms with Crippen molar-refractivity contribution in [2.45, 2.75) is 12.8 Å². The summed E-state index contributed by atoms with van der Waals surface area (Å²) >= 11 is 6.32. The first-order valence-corrected chi connectivity index (χ1v) is 6.31. The van der Waals surface area contributed by atoms with Gasteiger partial charge in [-0.15, -0.1) is 0 Å². The Morgan fingerprint density at radius 2 is 2.28 bits per heavy atom. The van der Waals surface area contributed by atoms with Gasteiger partial charge < -0.3 is 14.8 Å². The van der Waals surface area contributed by atoms with Crippen molar-refractivity contribution in [3.05, 3.63) is 28.9 Å². The van der Waals surface area contributed by atoms with E-state index in [2.05, 4.69) is 20.4 Å². The third-order valence-electron chi connectivity index (χ3n) is 3.07. The number of H-pyrrole nitrogens is 1. The topological polar surface area (TPSA) is 62.4 Å². The van der Waals surface area contributed by atoms with E-state index in [1.165, 1.54) is 0 Å². The molecule has 0 aliphatic carbocycles. The maximum atomic E-state index is 6.32. The molecule has 0 spiro atoms. The molecule has 7 heteroatoms. The molecule has 1 atom stereocenters. The van der Waals surface area contributed by atoms with Gasteiger partial charge in [-0.1, -0.05) is 11.6 Å². The Morgan fingerprint density at radius 3 is 3.00 bits per heavy atom. The van der Waals surface area contributed by atoms with Crippen molar-refractivity contribution >= 4 is 11.6 Å². The van der Waals surface area contributed by atoms with E-state index in [1.54, 1.807) is 12.5 Å². The van der Waals surface area contributed by atoms with Crippen LogP contribution in [0.4, 0.5) is 0 Å². The van der Waals surface area contributed by atoms with Crippen LogP contribution >= 0.6 is 11.6 Å².